The number of carbonyl (C=O) groups excluding carboxylic acids is 1. The van der Waals surface area contributed by atoms with Gasteiger partial charge in [0.15, 0.2) is 5.11 Å². The Balaban J connectivity index is 1.52. The zero-order chi connectivity index (χ0) is 20.9. The molecule has 1 aliphatic heterocycles. The highest BCUT2D eigenvalue weighted by molar-refractivity contribution is 7.80. The van der Waals surface area contributed by atoms with Crippen LogP contribution in [0.25, 0.3) is 0 Å². The number of rotatable bonds is 5. The summed E-state index contributed by atoms with van der Waals surface area (Å²) >= 11 is 5.64. The van der Waals surface area contributed by atoms with Crippen LogP contribution in [0, 0.1) is 6.92 Å². The lowest BCUT2D eigenvalue weighted by Gasteiger charge is -2.23. The Bertz CT molecular complexity index is 1030. The van der Waals surface area contributed by atoms with Crippen LogP contribution in [0.5, 0.6) is 0 Å². The van der Waals surface area contributed by atoms with E-state index in [2.05, 4.69) is 54.0 Å². The Labute approximate surface area is 182 Å². The summed E-state index contributed by atoms with van der Waals surface area (Å²) in [5.74, 6) is 0.177. The van der Waals surface area contributed by atoms with Crippen molar-refractivity contribution in [3.05, 3.63) is 95.6 Å². The maximum absolute atomic E-state index is 12.1. The molecule has 0 saturated carbocycles. The molecule has 5 heteroatoms. The van der Waals surface area contributed by atoms with E-state index in [1.165, 1.54) is 5.56 Å². The van der Waals surface area contributed by atoms with Crippen LogP contribution < -0.4 is 15.5 Å². The van der Waals surface area contributed by atoms with E-state index < -0.39 is 0 Å². The molecule has 1 unspecified atom stereocenters. The smallest absolute Gasteiger partial charge is 0.227 e. The minimum atomic E-state index is -0.0601. The average Bonchev–Trinajstić information content (AvgIpc) is 3.19. The Hall–Kier alpha value is -3.18. The van der Waals surface area contributed by atoms with E-state index in [4.69, 9.17) is 12.2 Å². The Kier molecular flexibility index (Phi) is 6.10. The number of thiocarbonyl (C=S) groups is 1. The fraction of sp³-hybridized carbons (Fsp3) is 0.200. The van der Waals surface area contributed by atoms with Crippen LogP contribution in [-0.4, -0.2) is 17.6 Å². The number of hydrogen-bond acceptors (Lipinski definition) is 2. The van der Waals surface area contributed by atoms with Gasteiger partial charge in [0, 0.05) is 24.3 Å². The van der Waals surface area contributed by atoms with Crippen LogP contribution in [0.4, 0.5) is 11.4 Å². The molecule has 4 rings (SSSR count). The van der Waals surface area contributed by atoms with E-state index >= 15 is 0 Å². The summed E-state index contributed by atoms with van der Waals surface area (Å²) in [7, 11) is 0. The van der Waals surface area contributed by atoms with Gasteiger partial charge in [-0.25, -0.2) is 0 Å². The van der Waals surface area contributed by atoms with Gasteiger partial charge in [0.2, 0.25) is 5.91 Å². The minimum Gasteiger partial charge on any atom is -0.352 e. The summed E-state index contributed by atoms with van der Waals surface area (Å²) in [5, 5.41) is 7.28. The number of nitrogens with one attached hydrogen (secondary N) is 2. The highest BCUT2D eigenvalue weighted by Gasteiger charge is 2.22. The van der Waals surface area contributed by atoms with Crippen LogP contribution in [0.15, 0.2) is 78.9 Å². The maximum Gasteiger partial charge on any atom is 0.227 e. The van der Waals surface area contributed by atoms with Crippen molar-refractivity contribution in [1.29, 1.82) is 0 Å². The number of nitrogens with zero attached hydrogens (tertiary/aromatic N) is 1. The second-order valence-electron chi connectivity index (χ2n) is 7.55. The van der Waals surface area contributed by atoms with E-state index in [1.54, 1.807) is 0 Å². The topological polar surface area (TPSA) is 44.4 Å². The Morgan fingerprint density at radius 3 is 2.40 bits per heavy atom. The van der Waals surface area contributed by atoms with Gasteiger partial charge in [0.1, 0.15) is 0 Å². The van der Waals surface area contributed by atoms with E-state index in [1.807, 2.05) is 47.4 Å². The maximum atomic E-state index is 12.1. The zero-order valence-electron chi connectivity index (χ0n) is 17.0. The summed E-state index contributed by atoms with van der Waals surface area (Å²) in [6.07, 6.45) is 1.53. The van der Waals surface area contributed by atoms with Crippen molar-refractivity contribution in [3.8, 4) is 0 Å². The van der Waals surface area contributed by atoms with Crippen LogP contribution in [0.3, 0.4) is 0 Å². The van der Waals surface area contributed by atoms with Gasteiger partial charge in [-0.3, -0.25) is 4.79 Å². The van der Waals surface area contributed by atoms with Crippen molar-refractivity contribution < 1.29 is 4.79 Å². The van der Waals surface area contributed by atoms with Crippen molar-refractivity contribution in [1.82, 2.24) is 5.32 Å². The molecule has 30 heavy (non-hydrogen) atoms. The molecule has 2 N–H and O–H groups in total. The largest absolute Gasteiger partial charge is 0.352 e. The summed E-state index contributed by atoms with van der Waals surface area (Å²) in [6.45, 7) is 2.85. The molecule has 1 heterocycles. The summed E-state index contributed by atoms with van der Waals surface area (Å²) in [5.41, 5.74) is 5.28. The molecule has 1 saturated heterocycles. The first-order valence-electron chi connectivity index (χ1n) is 10.2. The lowest BCUT2D eigenvalue weighted by molar-refractivity contribution is -0.117. The molecule has 0 aliphatic carbocycles. The summed E-state index contributed by atoms with van der Waals surface area (Å²) < 4.78 is 0. The molecule has 0 radical (unpaired) electrons. The lowest BCUT2D eigenvalue weighted by atomic mass is 9.98. The molecular weight excluding hydrogens is 390 g/mol. The molecule has 0 bridgehead atoms. The van der Waals surface area contributed by atoms with Gasteiger partial charge < -0.3 is 15.5 Å². The molecule has 3 aromatic rings. The number of anilines is 2. The highest BCUT2D eigenvalue weighted by Crippen LogP contribution is 2.25. The minimum absolute atomic E-state index is 0.0601. The van der Waals surface area contributed by atoms with Gasteiger partial charge in [-0.1, -0.05) is 66.2 Å². The van der Waals surface area contributed by atoms with Gasteiger partial charge >= 0.3 is 0 Å². The summed E-state index contributed by atoms with van der Waals surface area (Å²) in [4.78, 5) is 13.9. The van der Waals surface area contributed by atoms with Crippen molar-refractivity contribution in [2.24, 2.45) is 0 Å². The third-order valence-corrected chi connectivity index (χ3v) is 5.53. The number of aryl methyl sites for hydroxylation is 1. The molecule has 0 spiro atoms. The summed E-state index contributed by atoms with van der Waals surface area (Å²) in [6, 6.07) is 26.5. The van der Waals surface area contributed by atoms with Crippen LogP contribution in [0.1, 0.15) is 35.6 Å². The van der Waals surface area contributed by atoms with Crippen molar-refractivity contribution in [3.63, 3.8) is 0 Å². The molecule has 1 fully saturated rings. The third kappa shape index (κ3) is 4.69. The molecule has 152 valence electrons. The first kappa shape index (κ1) is 20.1. The van der Waals surface area contributed by atoms with E-state index in [0.29, 0.717) is 11.5 Å². The molecule has 1 aliphatic rings. The van der Waals surface area contributed by atoms with Crippen LogP contribution in [0.2, 0.25) is 0 Å². The van der Waals surface area contributed by atoms with Gasteiger partial charge in [0.25, 0.3) is 0 Å². The fourth-order valence-corrected chi connectivity index (χ4v) is 3.97. The predicted molar refractivity (Wildman–Crippen MR) is 127 cm³/mol. The second-order valence-corrected chi connectivity index (χ2v) is 7.96. The van der Waals surface area contributed by atoms with Gasteiger partial charge in [-0.2, -0.15) is 0 Å². The third-order valence-electron chi connectivity index (χ3n) is 5.31. The van der Waals surface area contributed by atoms with Crippen LogP contribution >= 0.6 is 12.2 Å². The SMILES string of the molecule is Cc1ccc(C(NC(=S)Nc2cccc(N3CCCC3=O)c2)c2ccccc2)cc1. The van der Waals surface area contributed by atoms with Crippen LogP contribution in [-0.2, 0) is 4.79 Å². The molecule has 0 aromatic heterocycles. The molecule has 3 aromatic carbocycles. The average molecular weight is 416 g/mol. The van der Waals surface area contributed by atoms with E-state index in [9.17, 15) is 4.79 Å². The molecular formula is C25H25N3OS. The number of benzene rings is 3. The first-order valence-corrected chi connectivity index (χ1v) is 10.6. The second kappa shape index (κ2) is 9.09. The molecule has 1 amide bonds. The van der Waals surface area contributed by atoms with E-state index in [0.717, 1.165) is 35.5 Å². The first-order chi connectivity index (χ1) is 14.6. The Morgan fingerprint density at radius 1 is 0.967 bits per heavy atom. The fourth-order valence-electron chi connectivity index (χ4n) is 3.73. The molecule has 1 atom stereocenters. The van der Waals surface area contributed by atoms with Gasteiger partial charge in [-0.05, 0) is 54.9 Å². The van der Waals surface area contributed by atoms with Crippen molar-refractivity contribution in [2.75, 3.05) is 16.8 Å². The lowest BCUT2D eigenvalue weighted by Crippen LogP contribution is -2.33. The number of amides is 1. The Morgan fingerprint density at radius 2 is 1.70 bits per heavy atom. The monoisotopic (exact) mass is 415 g/mol. The normalized spacial score (nSPS) is 14.4. The van der Waals surface area contributed by atoms with Gasteiger partial charge in [-0.15, -0.1) is 0 Å². The molecule has 4 nitrogen and oxygen atoms in total. The standard InChI is InChI=1S/C25H25N3OS/c1-18-12-14-20(15-13-18)24(19-7-3-2-4-8-19)27-25(30)26-21-9-5-10-22(17-21)28-16-6-11-23(28)29/h2-5,7-10,12-15,17,24H,6,11,16H2,1H3,(H2,26,27,30). The van der Waals surface area contributed by atoms with E-state index in [-0.39, 0.29) is 11.9 Å². The highest BCUT2D eigenvalue weighted by atomic mass is 32.1. The van der Waals surface area contributed by atoms with Crippen molar-refractivity contribution in [2.45, 2.75) is 25.8 Å². The van der Waals surface area contributed by atoms with Crippen molar-refractivity contribution >= 4 is 34.6 Å². The van der Waals surface area contributed by atoms with Gasteiger partial charge in [0.05, 0.1) is 6.04 Å². The zero-order valence-corrected chi connectivity index (χ0v) is 17.8. The number of hydrogen-bond donors (Lipinski definition) is 2. The quantitative estimate of drug-likeness (QED) is 0.563. The predicted octanol–water partition coefficient (Wildman–Crippen LogP) is 5.20. The number of carbonyl (C=O) groups is 1.